The molecule has 0 radical (unpaired) electrons. The van der Waals surface area contributed by atoms with Crippen molar-refractivity contribution < 1.29 is 0 Å². The molecule has 1 aromatic rings. The van der Waals surface area contributed by atoms with Gasteiger partial charge in [-0.05, 0) is 32.4 Å². The van der Waals surface area contributed by atoms with Crippen LogP contribution in [0.2, 0.25) is 0 Å². The molecule has 1 unspecified atom stereocenters. The number of aryl methyl sites for hydroxylation is 1. The van der Waals surface area contributed by atoms with Crippen LogP contribution in [-0.2, 0) is 13.5 Å². The van der Waals surface area contributed by atoms with Gasteiger partial charge in [0.15, 0.2) is 0 Å². The highest BCUT2D eigenvalue weighted by molar-refractivity contribution is 5.53. The molecule has 0 aliphatic carbocycles. The number of hydrogen-bond acceptors (Lipinski definition) is 3. The Kier molecular flexibility index (Phi) is 2.82. The molecule has 3 rings (SSSR count). The maximum absolute atomic E-state index is 4.77. The quantitative estimate of drug-likeness (QED) is 0.849. The molecule has 2 aliphatic rings. The van der Waals surface area contributed by atoms with E-state index in [9.17, 15) is 0 Å². The molecule has 2 aliphatic heterocycles. The minimum absolute atomic E-state index is 0.559. The molecule has 1 saturated heterocycles. The van der Waals surface area contributed by atoms with E-state index in [4.69, 9.17) is 5.10 Å². The molecule has 0 amide bonds. The molecule has 0 spiro atoms. The van der Waals surface area contributed by atoms with Crippen LogP contribution in [0.15, 0.2) is 0 Å². The fourth-order valence-corrected chi connectivity index (χ4v) is 3.31. The van der Waals surface area contributed by atoms with Crippen LogP contribution in [0.3, 0.4) is 0 Å². The second kappa shape index (κ2) is 4.33. The van der Waals surface area contributed by atoms with E-state index >= 15 is 0 Å². The van der Waals surface area contributed by atoms with Gasteiger partial charge in [0.2, 0.25) is 0 Å². The second-order valence-electron chi connectivity index (χ2n) is 5.15. The first-order valence-electron chi connectivity index (χ1n) is 6.85. The van der Waals surface area contributed by atoms with Gasteiger partial charge in [-0.1, -0.05) is 13.3 Å². The zero-order chi connectivity index (χ0) is 11.8. The highest BCUT2D eigenvalue weighted by Gasteiger charge is 2.30. The van der Waals surface area contributed by atoms with Crippen molar-refractivity contribution in [2.75, 3.05) is 25.0 Å². The van der Waals surface area contributed by atoms with Gasteiger partial charge in [0.05, 0.1) is 11.7 Å². The lowest BCUT2D eigenvalue weighted by Gasteiger charge is -2.34. The van der Waals surface area contributed by atoms with Crippen LogP contribution in [0.5, 0.6) is 0 Å². The fourth-order valence-electron chi connectivity index (χ4n) is 3.31. The van der Waals surface area contributed by atoms with Gasteiger partial charge in [-0.2, -0.15) is 5.10 Å². The Hall–Kier alpha value is -1.03. The molecular formula is C13H22N4. The Morgan fingerprint density at radius 2 is 2.29 bits per heavy atom. The van der Waals surface area contributed by atoms with Crippen LogP contribution in [0, 0.1) is 0 Å². The van der Waals surface area contributed by atoms with Crippen molar-refractivity contribution in [2.24, 2.45) is 7.05 Å². The van der Waals surface area contributed by atoms with Crippen molar-refractivity contribution in [1.29, 1.82) is 0 Å². The van der Waals surface area contributed by atoms with Crippen molar-refractivity contribution >= 4 is 5.82 Å². The lowest BCUT2D eigenvalue weighted by molar-refractivity contribution is 0.152. The van der Waals surface area contributed by atoms with E-state index in [0.717, 1.165) is 19.5 Å². The van der Waals surface area contributed by atoms with Crippen LogP contribution < -0.4 is 5.32 Å². The summed E-state index contributed by atoms with van der Waals surface area (Å²) in [6.45, 7) is 5.72. The van der Waals surface area contributed by atoms with Crippen molar-refractivity contribution in [3.8, 4) is 0 Å². The Balaban J connectivity index is 1.95. The molecule has 1 aromatic heterocycles. The number of aromatic nitrogens is 2. The first-order chi connectivity index (χ1) is 8.31. The summed E-state index contributed by atoms with van der Waals surface area (Å²) in [5, 5.41) is 8.21. The van der Waals surface area contributed by atoms with E-state index in [1.807, 2.05) is 4.68 Å². The third kappa shape index (κ3) is 1.75. The molecule has 1 atom stereocenters. The Morgan fingerprint density at radius 1 is 1.41 bits per heavy atom. The highest BCUT2D eigenvalue weighted by Crippen LogP contribution is 2.36. The molecule has 4 heteroatoms. The third-order valence-corrected chi connectivity index (χ3v) is 4.18. The van der Waals surface area contributed by atoms with Gasteiger partial charge in [-0.25, -0.2) is 0 Å². The predicted molar refractivity (Wildman–Crippen MR) is 69.2 cm³/mol. The van der Waals surface area contributed by atoms with Crippen molar-refractivity contribution in [3.63, 3.8) is 0 Å². The second-order valence-corrected chi connectivity index (χ2v) is 5.15. The first kappa shape index (κ1) is 11.1. The summed E-state index contributed by atoms with van der Waals surface area (Å²) >= 11 is 0. The van der Waals surface area contributed by atoms with E-state index < -0.39 is 0 Å². The van der Waals surface area contributed by atoms with Gasteiger partial charge in [0, 0.05) is 19.2 Å². The van der Waals surface area contributed by atoms with E-state index in [0.29, 0.717) is 6.04 Å². The van der Waals surface area contributed by atoms with Crippen molar-refractivity contribution in [3.05, 3.63) is 11.3 Å². The highest BCUT2D eigenvalue weighted by atomic mass is 15.3. The molecule has 17 heavy (non-hydrogen) atoms. The lowest BCUT2D eigenvalue weighted by atomic mass is 9.96. The monoisotopic (exact) mass is 234 g/mol. The SMILES string of the molecule is CCN1CCCCC1c1nn(C)c2c1CCN2. The summed E-state index contributed by atoms with van der Waals surface area (Å²) < 4.78 is 2.03. The van der Waals surface area contributed by atoms with Crippen LogP contribution >= 0.6 is 0 Å². The van der Waals surface area contributed by atoms with Crippen LogP contribution in [-0.4, -0.2) is 34.3 Å². The number of piperidine rings is 1. The fraction of sp³-hybridized carbons (Fsp3) is 0.769. The first-order valence-corrected chi connectivity index (χ1v) is 6.85. The van der Waals surface area contributed by atoms with E-state index in [2.05, 4.69) is 24.2 Å². The van der Waals surface area contributed by atoms with Gasteiger partial charge in [0.25, 0.3) is 0 Å². The van der Waals surface area contributed by atoms with Gasteiger partial charge in [-0.3, -0.25) is 9.58 Å². The summed E-state index contributed by atoms with van der Waals surface area (Å²) in [5.74, 6) is 1.25. The summed E-state index contributed by atoms with van der Waals surface area (Å²) in [4.78, 5) is 2.59. The molecule has 94 valence electrons. The zero-order valence-electron chi connectivity index (χ0n) is 10.9. The molecule has 0 bridgehead atoms. The molecule has 0 aromatic carbocycles. The lowest BCUT2D eigenvalue weighted by Crippen LogP contribution is -2.33. The van der Waals surface area contributed by atoms with Gasteiger partial charge in [0.1, 0.15) is 5.82 Å². The number of nitrogens with one attached hydrogen (secondary N) is 1. The number of fused-ring (bicyclic) bond motifs is 1. The molecule has 0 saturated carbocycles. The Labute approximate surface area is 103 Å². The number of nitrogens with zero attached hydrogens (tertiary/aromatic N) is 3. The van der Waals surface area contributed by atoms with E-state index in [1.54, 1.807) is 0 Å². The zero-order valence-corrected chi connectivity index (χ0v) is 10.9. The van der Waals surface area contributed by atoms with E-state index in [1.165, 1.54) is 42.9 Å². The molecular weight excluding hydrogens is 212 g/mol. The number of rotatable bonds is 2. The molecule has 1 fully saturated rings. The molecule has 4 nitrogen and oxygen atoms in total. The van der Waals surface area contributed by atoms with Crippen LogP contribution in [0.1, 0.15) is 43.5 Å². The average molecular weight is 234 g/mol. The normalized spacial score (nSPS) is 24.7. The minimum atomic E-state index is 0.559. The van der Waals surface area contributed by atoms with Crippen molar-refractivity contribution in [1.82, 2.24) is 14.7 Å². The minimum Gasteiger partial charge on any atom is -0.370 e. The van der Waals surface area contributed by atoms with Crippen molar-refractivity contribution in [2.45, 2.75) is 38.6 Å². The predicted octanol–water partition coefficient (Wildman–Crippen LogP) is 1.93. The Bertz CT molecular complexity index is 410. The molecule has 1 N–H and O–H groups in total. The van der Waals surface area contributed by atoms with Crippen LogP contribution in [0.4, 0.5) is 5.82 Å². The summed E-state index contributed by atoms with van der Waals surface area (Å²) in [5.41, 5.74) is 2.81. The number of likely N-dealkylation sites (tertiary alicyclic amines) is 1. The largest absolute Gasteiger partial charge is 0.370 e. The molecule has 3 heterocycles. The smallest absolute Gasteiger partial charge is 0.127 e. The maximum Gasteiger partial charge on any atom is 0.127 e. The topological polar surface area (TPSA) is 33.1 Å². The van der Waals surface area contributed by atoms with E-state index in [-0.39, 0.29) is 0 Å². The summed E-state index contributed by atoms with van der Waals surface area (Å²) in [6.07, 6.45) is 5.11. The van der Waals surface area contributed by atoms with Gasteiger partial charge < -0.3 is 5.32 Å². The summed E-state index contributed by atoms with van der Waals surface area (Å²) in [7, 11) is 2.06. The van der Waals surface area contributed by atoms with Crippen LogP contribution in [0.25, 0.3) is 0 Å². The number of anilines is 1. The average Bonchev–Trinajstić information content (AvgIpc) is 2.94. The Morgan fingerprint density at radius 3 is 3.12 bits per heavy atom. The summed E-state index contributed by atoms with van der Waals surface area (Å²) in [6, 6.07) is 0.559. The number of hydrogen-bond donors (Lipinski definition) is 1. The standard InChI is InChI=1S/C13H22N4/c1-3-17-9-5-4-6-11(17)12-10-7-8-14-13(10)16(2)15-12/h11,14H,3-9H2,1-2H3. The maximum atomic E-state index is 4.77. The van der Waals surface area contributed by atoms with Gasteiger partial charge in [-0.15, -0.1) is 0 Å². The van der Waals surface area contributed by atoms with Gasteiger partial charge >= 0.3 is 0 Å². The third-order valence-electron chi connectivity index (χ3n) is 4.18.